The lowest BCUT2D eigenvalue weighted by Crippen LogP contribution is -2.24. The lowest BCUT2D eigenvalue weighted by molar-refractivity contribution is -0.118. The van der Waals surface area contributed by atoms with Gasteiger partial charge in [0.25, 0.3) is 0 Å². The Hall–Kier alpha value is -1.00. The van der Waals surface area contributed by atoms with Crippen molar-refractivity contribution in [1.82, 2.24) is 10.6 Å². The van der Waals surface area contributed by atoms with Gasteiger partial charge in [-0.3, -0.25) is 4.79 Å². The van der Waals surface area contributed by atoms with Crippen molar-refractivity contribution in [2.45, 2.75) is 25.3 Å². The Morgan fingerprint density at radius 3 is 2.82 bits per heavy atom. The summed E-state index contributed by atoms with van der Waals surface area (Å²) in [4.78, 5) is 12.5. The van der Waals surface area contributed by atoms with Crippen LogP contribution in [0.25, 0.3) is 0 Å². The summed E-state index contributed by atoms with van der Waals surface area (Å²) in [6.45, 7) is 6.56. The quantitative estimate of drug-likeness (QED) is 0.730. The van der Waals surface area contributed by atoms with Gasteiger partial charge >= 0.3 is 0 Å². The molecule has 1 amide bonds. The molecular formula is C13H20N2OS. The van der Waals surface area contributed by atoms with Crippen LogP contribution >= 0.6 is 11.8 Å². The molecule has 4 heteroatoms. The van der Waals surface area contributed by atoms with Crippen LogP contribution in [-0.2, 0) is 11.3 Å². The Balaban J connectivity index is 2.45. The first-order valence-electron chi connectivity index (χ1n) is 5.95. The van der Waals surface area contributed by atoms with Crippen LogP contribution in [0, 0.1) is 0 Å². The minimum absolute atomic E-state index is 0.0922. The van der Waals surface area contributed by atoms with Crippen LogP contribution in [0.1, 0.15) is 19.4 Å². The van der Waals surface area contributed by atoms with Gasteiger partial charge in [0.15, 0.2) is 0 Å². The maximum absolute atomic E-state index is 11.3. The summed E-state index contributed by atoms with van der Waals surface area (Å²) in [5.41, 5.74) is 1.26. The maximum atomic E-state index is 11.3. The number of hydrogen-bond acceptors (Lipinski definition) is 3. The third kappa shape index (κ3) is 5.75. The third-order valence-corrected chi connectivity index (χ3v) is 3.22. The van der Waals surface area contributed by atoms with E-state index in [0.29, 0.717) is 12.3 Å². The number of nitrogens with one attached hydrogen (secondary N) is 2. The van der Waals surface area contributed by atoms with Gasteiger partial charge in [-0.2, -0.15) is 0 Å². The molecule has 0 saturated carbocycles. The van der Waals surface area contributed by atoms with Gasteiger partial charge in [-0.1, -0.05) is 19.1 Å². The minimum Gasteiger partial charge on any atom is -0.356 e. The number of benzene rings is 1. The Kier molecular flexibility index (Phi) is 6.74. The number of hydrogen-bond donors (Lipinski definition) is 2. The first kappa shape index (κ1) is 14.1. The second kappa shape index (κ2) is 8.14. The molecule has 0 aliphatic heterocycles. The van der Waals surface area contributed by atoms with E-state index < -0.39 is 0 Å². The Morgan fingerprint density at radius 1 is 1.29 bits per heavy atom. The molecule has 3 nitrogen and oxygen atoms in total. The van der Waals surface area contributed by atoms with Crippen molar-refractivity contribution < 1.29 is 4.79 Å². The summed E-state index contributed by atoms with van der Waals surface area (Å²) < 4.78 is 0. The number of carbonyl (C=O) groups is 1. The zero-order valence-corrected chi connectivity index (χ0v) is 11.3. The fourth-order valence-corrected chi connectivity index (χ4v) is 2.22. The average Bonchev–Trinajstić information content (AvgIpc) is 2.35. The van der Waals surface area contributed by atoms with E-state index in [4.69, 9.17) is 0 Å². The van der Waals surface area contributed by atoms with E-state index in [0.717, 1.165) is 18.0 Å². The van der Waals surface area contributed by atoms with Crippen molar-refractivity contribution in [2.24, 2.45) is 0 Å². The molecule has 0 bridgehead atoms. The van der Waals surface area contributed by atoms with Crippen LogP contribution in [0.15, 0.2) is 29.2 Å². The van der Waals surface area contributed by atoms with Gasteiger partial charge in [0.1, 0.15) is 0 Å². The topological polar surface area (TPSA) is 41.1 Å². The molecule has 2 N–H and O–H groups in total. The smallest absolute Gasteiger partial charge is 0.230 e. The number of rotatable bonds is 7. The monoisotopic (exact) mass is 252 g/mol. The van der Waals surface area contributed by atoms with Gasteiger partial charge < -0.3 is 10.6 Å². The number of amides is 1. The Morgan fingerprint density at radius 2 is 2.12 bits per heavy atom. The van der Waals surface area contributed by atoms with Crippen LogP contribution in [0.2, 0.25) is 0 Å². The average molecular weight is 252 g/mol. The van der Waals surface area contributed by atoms with Crippen LogP contribution in [0.4, 0.5) is 0 Å². The fraction of sp³-hybridized carbons (Fsp3) is 0.462. The highest BCUT2D eigenvalue weighted by Crippen LogP contribution is 2.18. The molecule has 17 heavy (non-hydrogen) atoms. The summed E-state index contributed by atoms with van der Waals surface area (Å²) in [6.07, 6.45) is 0. The molecule has 1 aromatic carbocycles. The molecule has 0 aromatic heterocycles. The van der Waals surface area contributed by atoms with E-state index in [2.05, 4.69) is 29.7 Å². The molecule has 0 aliphatic rings. The van der Waals surface area contributed by atoms with Crippen LogP contribution in [0.3, 0.4) is 0 Å². The zero-order valence-electron chi connectivity index (χ0n) is 10.5. The van der Waals surface area contributed by atoms with Gasteiger partial charge in [0.05, 0.1) is 5.75 Å². The molecule has 0 spiro atoms. The Labute approximate surface area is 107 Å². The van der Waals surface area contributed by atoms with Gasteiger partial charge in [-0.15, -0.1) is 11.8 Å². The van der Waals surface area contributed by atoms with Crippen LogP contribution < -0.4 is 10.6 Å². The van der Waals surface area contributed by atoms with Crippen molar-refractivity contribution in [1.29, 1.82) is 0 Å². The van der Waals surface area contributed by atoms with E-state index >= 15 is 0 Å². The number of carbonyl (C=O) groups excluding carboxylic acids is 1. The largest absolute Gasteiger partial charge is 0.356 e. The summed E-state index contributed by atoms with van der Waals surface area (Å²) in [5.74, 6) is 0.577. The molecule has 0 atom stereocenters. The lowest BCUT2D eigenvalue weighted by atomic mass is 10.2. The molecule has 0 saturated heterocycles. The molecule has 94 valence electrons. The van der Waals surface area contributed by atoms with Gasteiger partial charge in [-0.25, -0.2) is 0 Å². The van der Waals surface area contributed by atoms with Gasteiger partial charge in [-0.05, 0) is 31.2 Å². The van der Waals surface area contributed by atoms with E-state index in [1.165, 1.54) is 5.56 Å². The van der Waals surface area contributed by atoms with Crippen molar-refractivity contribution in [3.05, 3.63) is 29.8 Å². The van der Waals surface area contributed by atoms with Crippen LogP contribution in [0.5, 0.6) is 0 Å². The summed E-state index contributed by atoms with van der Waals surface area (Å²) in [7, 11) is 0. The minimum atomic E-state index is 0.0922. The highest BCUT2D eigenvalue weighted by molar-refractivity contribution is 8.00. The maximum Gasteiger partial charge on any atom is 0.230 e. The second-order valence-corrected chi connectivity index (χ2v) is 4.72. The third-order valence-electron chi connectivity index (χ3n) is 2.22. The van der Waals surface area contributed by atoms with Crippen molar-refractivity contribution in [2.75, 3.05) is 18.8 Å². The molecule has 1 rings (SSSR count). The molecular weight excluding hydrogens is 232 g/mol. The van der Waals surface area contributed by atoms with E-state index in [1.54, 1.807) is 11.8 Å². The Bertz CT molecular complexity index is 355. The van der Waals surface area contributed by atoms with E-state index in [-0.39, 0.29) is 5.91 Å². The van der Waals surface area contributed by atoms with Crippen molar-refractivity contribution in [3.63, 3.8) is 0 Å². The molecule has 0 unspecified atom stereocenters. The normalized spacial score (nSPS) is 10.2. The fourth-order valence-electron chi connectivity index (χ4n) is 1.41. The lowest BCUT2D eigenvalue weighted by Gasteiger charge is -2.06. The van der Waals surface area contributed by atoms with Crippen molar-refractivity contribution in [3.8, 4) is 0 Å². The first-order valence-corrected chi connectivity index (χ1v) is 6.94. The molecule has 0 radical (unpaired) electrons. The van der Waals surface area contributed by atoms with Crippen LogP contribution in [-0.4, -0.2) is 24.7 Å². The first-order chi connectivity index (χ1) is 8.26. The molecule has 0 fully saturated rings. The van der Waals surface area contributed by atoms with E-state index in [9.17, 15) is 4.79 Å². The molecule has 0 aliphatic carbocycles. The standard InChI is InChI=1S/C13H20N2OS/c1-3-14-9-11-6-5-7-12(8-11)17-10-13(16)15-4-2/h5-8,14H,3-4,9-10H2,1-2H3,(H,15,16). The second-order valence-electron chi connectivity index (χ2n) is 3.67. The SMILES string of the molecule is CCNCc1cccc(SCC(=O)NCC)c1. The predicted octanol–water partition coefficient (Wildman–Crippen LogP) is 2.02. The number of thioether (sulfide) groups is 1. The van der Waals surface area contributed by atoms with Gasteiger partial charge in [0.2, 0.25) is 5.91 Å². The molecule has 1 aromatic rings. The molecule has 0 heterocycles. The predicted molar refractivity (Wildman–Crippen MR) is 73.2 cm³/mol. The summed E-state index contributed by atoms with van der Waals surface area (Å²) in [6, 6.07) is 8.30. The van der Waals surface area contributed by atoms with E-state index in [1.807, 2.05) is 19.1 Å². The highest BCUT2D eigenvalue weighted by Gasteiger charge is 2.01. The zero-order chi connectivity index (χ0) is 12.5. The van der Waals surface area contributed by atoms with Crippen molar-refractivity contribution >= 4 is 17.7 Å². The van der Waals surface area contributed by atoms with Gasteiger partial charge in [0, 0.05) is 18.0 Å². The summed E-state index contributed by atoms with van der Waals surface area (Å²) >= 11 is 1.58. The highest BCUT2D eigenvalue weighted by atomic mass is 32.2. The summed E-state index contributed by atoms with van der Waals surface area (Å²) in [5, 5.41) is 6.08.